The number of amides is 2. The van der Waals surface area contributed by atoms with Gasteiger partial charge in [0.2, 0.25) is 11.8 Å². The third-order valence-corrected chi connectivity index (χ3v) is 3.98. The molecule has 0 radical (unpaired) electrons. The minimum absolute atomic E-state index is 0.132. The number of nitrogens with two attached hydrogens (primary N) is 1. The van der Waals surface area contributed by atoms with Crippen LogP contribution in [-0.4, -0.2) is 17.9 Å². The lowest BCUT2D eigenvalue weighted by Crippen LogP contribution is -2.46. The number of rotatable bonds is 6. The van der Waals surface area contributed by atoms with Gasteiger partial charge in [0, 0.05) is 12.8 Å². The van der Waals surface area contributed by atoms with E-state index in [1.807, 2.05) is 0 Å². The number of carbonyl (C=O) groups is 2. The normalized spacial score (nSPS) is 16.6. The molecule has 0 spiro atoms. The van der Waals surface area contributed by atoms with Crippen LogP contribution in [0.1, 0.15) is 37.7 Å². The monoisotopic (exact) mass is 292 g/mol. The van der Waals surface area contributed by atoms with Crippen LogP contribution in [0.2, 0.25) is 0 Å². The van der Waals surface area contributed by atoms with E-state index < -0.39 is 11.9 Å². The predicted octanol–water partition coefficient (Wildman–Crippen LogP) is 1.92. The Bertz CT molecular complexity index is 496. The third-order valence-electron chi connectivity index (χ3n) is 3.98. The Labute approximate surface area is 123 Å². The summed E-state index contributed by atoms with van der Waals surface area (Å²) in [6, 6.07) is 5.09. The Morgan fingerprint density at radius 2 is 1.86 bits per heavy atom. The summed E-state index contributed by atoms with van der Waals surface area (Å²) in [5.41, 5.74) is 6.11. The Morgan fingerprint density at radius 3 is 2.43 bits per heavy atom. The lowest BCUT2D eigenvalue weighted by Gasteiger charge is -2.17. The third kappa shape index (κ3) is 4.85. The van der Waals surface area contributed by atoms with Gasteiger partial charge in [-0.05, 0) is 36.5 Å². The average molecular weight is 292 g/mol. The second kappa shape index (κ2) is 7.20. The zero-order valence-corrected chi connectivity index (χ0v) is 12.0. The molecule has 0 aromatic heterocycles. The van der Waals surface area contributed by atoms with Crippen LogP contribution in [0.3, 0.4) is 0 Å². The highest BCUT2D eigenvalue weighted by molar-refractivity contribution is 5.86. The SMILES string of the molecule is NC(=O)[C@H](Cc1ccc(F)cc1)NC(=O)CC1CCCC1. The van der Waals surface area contributed by atoms with E-state index in [0.29, 0.717) is 12.3 Å². The van der Waals surface area contributed by atoms with E-state index in [2.05, 4.69) is 5.32 Å². The van der Waals surface area contributed by atoms with E-state index in [9.17, 15) is 14.0 Å². The first kappa shape index (κ1) is 15.5. The standard InChI is InChI=1S/C16H21FN2O2/c17-13-7-5-12(6-8-13)9-14(16(18)21)19-15(20)10-11-3-1-2-4-11/h5-8,11,14H,1-4,9-10H2,(H2,18,21)(H,19,20)/t14-/m0/s1. The van der Waals surface area contributed by atoms with Gasteiger partial charge in [-0.1, -0.05) is 25.0 Å². The largest absolute Gasteiger partial charge is 0.368 e. The maximum atomic E-state index is 12.9. The van der Waals surface area contributed by atoms with Crippen molar-refractivity contribution in [3.05, 3.63) is 35.6 Å². The number of hydrogen-bond donors (Lipinski definition) is 2. The summed E-state index contributed by atoms with van der Waals surface area (Å²) < 4.78 is 12.9. The maximum absolute atomic E-state index is 12.9. The highest BCUT2D eigenvalue weighted by Gasteiger charge is 2.22. The molecular formula is C16H21FN2O2. The van der Waals surface area contributed by atoms with Crippen molar-refractivity contribution in [3.63, 3.8) is 0 Å². The summed E-state index contributed by atoms with van der Waals surface area (Å²) >= 11 is 0. The molecule has 1 aliphatic carbocycles. The minimum atomic E-state index is -0.746. The van der Waals surface area contributed by atoms with Crippen molar-refractivity contribution in [2.45, 2.75) is 44.6 Å². The van der Waals surface area contributed by atoms with Gasteiger partial charge in [0.25, 0.3) is 0 Å². The quantitative estimate of drug-likeness (QED) is 0.840. The van der Waals surface area contributed by atoms with Crippen LogP contribution in [0, 0.1) is 11.7 Å². The first-order chi connectivity index (χ1) is 10.0. The van der Waals surface area contributed by atoms with Gasteiger partial charge in [0.1, 0.15) is 11.9 Å². The van der Waals surface area contributed by atoms with Gasteiger partial charge in [-0.15, -0.1) is 0 Å². The molecule has 0 saturated heterocycles. The van der Waals surface area contributed by atoms with E-state index in [1.165, 1.54) is 25.0 Å². The van der Waals surface area contributed by atoms with Crippen LogP contribution < -0.4 is 11.1 Å². The molecule has 4 nitrogen and oxygen atoms in total. The molecule has 21 heavy (non-hydrogen) atoms. The first-order valence-electron chi connectivity index (χ1n) is 7.37. The molecular weight excluding hydrogens is 271 g/mol. The molecule has 1 atom stereocenters. The van der Waals surface area contributed by atoms with E-state index in [0.717, 1.165) is 18.4 Å². The number of hydrogen-bond acceptors (Lipinski definition) is 2. The average Bonchev–Trinajstić information content (AvgIpc) is 2.93. The second-order valence-electron chi connectivity index (χ2n) is 5.71. The van der Waals surface area contributed by atoms with Crippen LogP contribution in [0.25, 0.3) is 0 Å². The second-order valence-corrected chi connectivity index (χ2v) is 5.71. The van der Waals surface area contributed by atoms with Crippen molar-refractivity contribution in [1.29, 1.82) is 0 Å². The molecule has 0 heterocycles. The summed E-state index contributed by atoms with van der Waals surface area (Å²) in [5, 5.41) is 2.70. The molecule has 5 heteroatoms. The van der Waals surface area contributed by atoms with Gasteiger partial charge >= 0.3 is 0 Å². The molecule has 1 saturated carbocycles. The van der Waals surface area contributed by atoms with Gasteiger partial charge in [-0.3, -0.25) is 9.59 Å². The van der Waals surface area contributed by atoms with E-state index in [4.69, 9.17) is 5.73 Å². The first-order valence-corrected chi connectivity index (χ1v) is 7.37. The Hall–Kier alpha value is -1.91. The van der Waals surface area contributed by atoms with E-state index in [-0.39, 0.29) is 18.1 Å². The van der Waals surface area contributed by atoms with Crippen molar-refractivity contribution >= 4 is 11.8 Å². The van der Waals surface area contributed by atoms with E-state index >= 15 is 0 Å². The summed E-state index contributed by atoms with van der Waals surface area (Å²) in [6.45, 7) is 0. The number of primary amides is 1. The van der Waals surface area contributed by atoms with Crippen molar-refractivity contribution in [2.75, 3.05) is 0 Å². The zero-order chi connectivity index (χ0) is 15.2. The fraction of sp³-hybridized carbons (Fsp3) is 0.500. The molecule has 0 bridgehead atoms. The topological polar surface area (TPSA) is 72.2 Å². The van der Waals surface area contributed by atoms with Crippen LogP contribution in [0.15, 0.2) is 24.3 Å². The predicted molar refractivity (Wildman–Crippen MR) is 77.8 cm³/mol. The van der Waals surface area contributed by atoms with E-state index in [1.54, 1.807) is 12.1 Å². The number of nitrogens with one attached hydrogen (secondary N) is 1. The Kier molecular flexibility index (Phi) is 5.31. The highest BCUT2D eigenvalue weighted by atomic mass is 19.1. The zero-order valence-electron chi connectivity index (χ0n) is 12.0. The summed E-state index contributed by atoms with van der Waals surface area (Å²) in [6.07, 6.45) is 5.23. The van der Waals surface area contributed by atoms with Crippen molar-refractivity contribution in [3.8, 4) is 0 Å². The van der Waals surface area contributed by atoms with Crippen LogP contribution in [0.4, 0.5) is 4.39 Å². The molecule has 3 N–H and O–H groups in total. The number of carbonyl (C=O) groups excluding carboxylic acids is 2. The minimum Gasteiger partial charge on any atom is -0.368 e. The van der Waals surface area contributed by atoms with Crippen LogP contribution >= 0.6 is 0 Å². The molecule has 114 valence electrons. The van der Waals surface area contributed by atoms with Gasteiger partial charge in [0.15, 0.2) is 0 Å². The molecule has 1 aromatic rings. The van der Waals surface area contributed by atoms with Gasteiger partial charge in [0.05, 0.1) is 0 Å². The molecule has 2 rings (SSSR count). The molecule has 1 aliphatic rings. The molecule has 2 amide bonds. The molecule has 1 aromatic carbocycles. The maximum Gasteiger partial charge on any atom is 0.240 e. The number of halogens is 1. The lowest BCUT2D eigenvalue weighted by atomic mass is 10.0. The van der Waals surface area contributed by atoms with Crippen molar-refractivity contribution in [1.82, 2.24) is 5.32 Å². The Balaban J connectivity index is 1.90. The van der Waals surface area contributed by atoms with Crippen molar-refractivity contribution in [2.24, 2.45) is 11.7 Å². The summed E-state index contributed by atoms with van der Waals surface area (Å²) in [7, 11) is 0. The molecule has 0 aliphatic heterocycles. The lowest BCUT2D eigenvalue weighted by molar-refractivity contribution is -0.127. The highest BCUT2D eigenvalue weighted by Crippen LogP contribution is 2.27. The summed E-state index contributed by atoms with van der Waals surface area (Å²) in [4.78, 5) is 23.5. The smallest absolute Gasteiger partial charge is 0.240 e. The molecule has 1 fully saturated rings. The Morgan fingerprint density at radius 1 is 1.24 bits per heavy atom. The summed E-state index contributed by atoms with van der Waals surface area (Å²) in [5.74, 6) is -0.615. The van der Waals surface area contributed by atoms with Crippen LogP contribution in [0.5, 0.6) is 0 Å². The fourth-order valence-electron chi connectivity index (χ4n) is 2.81. The number of benzene rings is 1. The fourth-order valence-corrected chi connectivity index (χ4v) is 2.81. The molecule has 0 unspecified atom stereocenters. The van der Waals surface area contributed by atoms with Crippen molar-refractivity contribution < 1.29 is 14.0 Å². The van der Waals surface area contributed by atoms with Gasteiger partial charge in [-0.25, -0.2) is 4.39 Å². The van der Waals surface area contributed by atoms with Gasteiger partial charge < -0.3 is 11.1 Å². The van der Waals surface area contributed by atoms with Crippen LogP contribution in [-0.2, 0) is 16.0 Å². The van der Waals surface area contributed by atoms with Gasteiger partial charge in [-0.2, -0.15) is 0 Å².